The van der Waals surface area contributed by atoms with Crippen molar-refractivity contribution in [1.29, 1.82) is 0 Å². The molecule has 0 saturated carbocycles. The summed E-state index contributed by atoms with van der Waals surface area (Å²) in [5.41, 5.74) is 0. The SMILES string of the molecule is CCCCCC/C=C\C/C=C\CCCCCCCCCC(=O)OCC(COC(=O)CCCCCCCCCC)OC(=O)CCCCCCCCCCCCCCCC. The molecule has 0 heterocycles. The van der Waals surface area contributed by atoms with Gasteiger partial charge < -0.3 is 14.2 Å². The summed E-state index contributed by atoms with van der Waals surface area (Å²) in [5, 5.41) is 0. The number of hydrogen-bond acceptors (Lipinski definition) is 6. The van der Waals surface area contributed by atoms with E-state index in [-0.39, 0.29) is 31.1 Å². The maximum Gasteiger partial charge on any atom is 0.306 e. The van der Waals surface area contributed by atoms with Crippen molar-refractivity contribution in [2.45, 2.75) is 277 Å². The number of esters is 3. The molecule has 0 saturated heterocycles. The molecule has 0 aromatic carbocycles. The highest BCUT2D eigenvalue weighted by Gasteiger charge is 2.19. The zero-order valence-corrected chi connectivity index (χ0v) is 38.8. The average Bonchev–Trinajstić information content (AvgIpc) is 3.22. The highest BCUT2D eigenvalue weighted by atomic mass is 16.6. The van der Waals surface area contributed by atoms with Crippen LogP contribution < -0.4 is 0 Å². The Hall–Kier alpha value is -2.11. The van der Waals surface area contributed by atoms with E-state index in [1.807, 2.05) is 0 Å². The van der Waals surface area contributed by atoms with Crippen molar-refractivity contribution in [2.24, 2.45) is 0 Å². The number of unbranched alkanes of at least 4 members (excludes halogenated alkanes) is 31. The maximum absolute atomic E-state index is 12.7. The molecule has 0 aliphatic rings. The largest absolute Gasteiger partial charge is 0.462 e. The normalized spacial score (nSPS) is 12.1. The fourth-order valence-corrected chi connectivity index (χ4v) is 7.36. The maximum atomic E-state index is 12.7. The van der Waals surface area contributed by atoms with Crippen LogP contribution in [0.4, 0.5) is 0 Å². The molecule has 340 valence electrons. The Labute approximate surface area is 360 Å². The van der Waals surface area contributed by atoms with Crippen molar-refractivity contribution in [2.75, 3.05) is 13.2 Å². The number of carbonyl (C=O) groups is 3. The molecule has 1 atom stereocenters. The zero-order chi connectivity index (χ0) is 42.3. The van der Waals surface area contributed by atoms with Gasteiger partial charge in [-0.05, 0) is 51.4 Å². The van der Waals surface area contributed by atoms with Gasteiger partial charge in [0.15, 0.2) is 6.10 Å². The molecule has 0 bridgehead atoms. The van der Waals surface area contributed by atoms with Crippen LogP contribution in [0.2, 0.25) is 0 Å². The fraction of sp³-hybridized carbons (Fsp3) is 0.865. The van der Waals surface area contributed by atoms with Crippen LogP contribution in [0.15, 0.2) is 24.3 Å². The van der Waals surface area contributed by atoms with Crippen molar-refractivity contribution in [3.63, 3.8) is 0 Å². The van der Waals surface area contributed by atoms with Gasteiger partial charge in [0.25, 0.3) is 0 Å². The Balaban J connectivity index is 4.27. The molecule has 1 unspecified atom stereocenters. The van der Waals surface area contributed by atoms with Gasteiger partial charge in [-0.2, -0.15) is 0 Å². The van der Waals surface area contributed by atoms with E-state index in [1.165, 1.54) is 161 Å². The molecular weight excluding hydrogens is 721 g/mol. The summed E-state index contributed by atoms with van der Waals surface area (Å²) in [6.45, 7) is 6.61. The lowest BCUT2D eigenvalue weighted by atomic mass is 10.0. The van der Waals surface area contributed by atoms with Crippen molar-refractivity contribution in [3.05, 3.63) is 24.3 Å². The third kappa shape index (κ3) is 45.0. The number of hydrogen-bond donors (Lipinski definition) is 0. The molecule has 6 heteroatoms. The second-order valence-electron chi connectivity index (χ2n) is 17.1. The molecule has 6 nitrogen and oxygen atoms in total. The molecule has 0 amide bonds. The smallest absolute Gasteiger partial charge is 0.306 e. The van der Waals surface area contributed by atoms with Gasteiger partial charge in [0.2, 0.25) is 0 Å². The van der Waals surface area contributed by atoms with Gasteiger partial charge in [-0.3, -0.25) is 14.4 Å². The van der Waals surface area contributed by atoms with Crippen LogP contribution in [-0.2, 0) is 28.6 Å². The Morgan fingerprint density at radius 1 is 0.345 bits per heavy atom. The number of ether oxygens (including phenoxy) is 3. The van der Waals surface area contributed by atoms with E-state index in [2.05, 4.69) is 45.1 Å². The van der Waals surface area contributed by atoms with Gasteiger partial charge in [0, 0.05) is 19.3 Å². The Morgan fingerprint density at radius 3 is 0.966 bits per heavy atom. The lowest BCUT2D eigenvalue weighted by Gasteiger charge is -2.18. The summed E-state index contributed by atoms with van der Waals surface area (Å²) >= 11 is 0. The first-order valence-corrected chi connectivity index (χ1v) is 25.3. The molecule has 0 spiro atoms. The second-order valence-corrected chi connectivity index (χ2v) is 17.1. The summed E-state index contributed by atoms with van der Waals surface area (Å²) in [5.74, 6) is -0.870. The number of carbonyl (C=O) groups excluding carboxylic acids is 3. The van der Waals surface area contributed by atoms with Crippen LogP contribution in [0.1, 0.15) is 271 Å². The number of allylic oxidation sites excluding steroid dienone is 4. The van der Waals surface area contributed by atoms with Crippen LogP contribution in [0.25, 0.3) is 0 Å². The summed E-state index contributed by atoms with van der Waals surface area (Å²) in [7, 11) is 0. The topological polar surface area (TPSA) is 78.9 Å². The molecule has 58 heavy (non-hydrogen) atoms. The zero-order valence-electron chi connectivity index (χ0n) is 38.8. The minimum Gasteiger partial charge on any atom is -0.462 e. The summed E-state index contributed by atoms with van der Waals surface area (Å²) in [6.07, 6.45) is 53.1. The van der Waals surface area contributed by atoms with Gasteiger partial charge in [0.05, 0.1) is 0 Å². The average molecular weight is 817 g/mol. The van der Waals surface area contributed by atoms with Gasteiger partial charge in [-0.15, -0.1) is 0 Å². The highest BCUT2D eigenvalue weighted by Crippen LogP contribution is 2.15. The number of rotatable bonds is 46. The molecule has 0 aromatic rings. The first-order chi connectivity index (χ1) is 28.5. The summed E-state index contributed by atoms with van der Waals surface area (Å²) < 4.78 is 16.7. The predicted molar refractivity (Wildman–Crippen MR) is 247 cm³/mol. The molecule has 0 fully saturated rings. The molecule has 0 rings (SSSR count). The molecule has 0 aliphatic carbocycles. The Morgan fingerprint density at radius 2 is 0.621 bits per heavy atom. The van der Waals surface area contributed by atoms with Gasteiger partial charge >= 0.3 is 17.9 Å². The van der Waals surface area contributed by atoms with Gasteiger partial charge in [0.1, 0.15) is 13.2 Å². The standard InChI is InChI=1S/C52H96O6/c1-4-7-10-13-16-19-21-23-25-26-27-28-30-31-33-36-39-42-45-51(54)57-48-49(47-56-50(53)44-41-38-35-18-15-12-9-6-3)58-52(55)46-43-40-37-34-32-29-24-22-20-17-14-11-8-5-2/h19,21,25-26,49H,4-18,20,22-24,27-48H2,1-3H3/b21-19-,26-25-. The minimum absolute atomic E-state index is 0.0698. The van der Waals surface area contributed by atoms with Crippen LogP contribution in [-0.4, -0.2) is 37.2 Å². The molecule has 0 aromatic heterocycles. The Kier molecular flexibility index (Phi) is 45.8. The van der Waals surface area contributed by atoms with Crippen LogP contribution in [0.5, 0.6) is 0 Å². The van der Waals surface area contributed by atoms with Gasteiger partial charge in [-0.1, -0.05) is 225 Å². The Bertz CT molecular complexity index is 942. The molecule has 0 radical (unpaired) electrons. The molecular formula is C52H96O6. The van der Waals surface area contributed by atoms with E-state index in [9.17, 15) is 14.4 Å². The third-order valence-corrected chi connectivity index (χ3v) is 11.2. The quantitative estimate of drug-likeness (QED) is 0.0263. The minimum atomic E-state index is -0.766. The predicted octanol–water partition coefficient (Wildman–Crippen LogP) is 16.4. The summed E-state index contributed by atoms with van der Waals surface area (Å²) in [4.78, 5) is 37.8. The van der Waals surface area contributed by atoms with Crippen molar-refractivity contribution < 1.29 is 28.6 Å². The van der Waals surface area contributed by atoms with E-state index >= 15 is 0 Å². The molecule has 0 N–H and O–H groups in total. The van der Waals surface area contributed by atoms with E-state index in [4.69, 9.17) is 14.2 Å². The van der Waals surface area contributed by atoms with E-state index in [1.54, 1.807) is 0 Å². The van der Waals surface area contributed by atoms with E-state index in [0.717, 1.165) is 70.6 Å². The van der Waals surface area contributed by atoms with Crippen molar-refractivity contribution in [3.8, 4) is 0 Å². The lowest BCUT2D eigenvalue weighted by molar-refractivity contribution is -0.167. The van der Waals surface area contributed by atoms with E-state index < -0.39 is 6.10 Å². The first-order valence-electron chi connectivity index (χ1n) is 25.3. The summed E-state index contributed by atoms with van der Waals surface area (Å²) in [6, 6.07) is 0. The second kappa shape index (κ2) is 47.6. The monoisotopic (exact) mass is 817 g/mol. The van der Waals surface area contributed by atoms with Crippen LogP contribution in [0.3, 0.4) is 0 Å². The van der Waals surface area contributed by atoms with Crippen molar-refractivity contribution in [1.82, 2.24) is 0 Å². The third-order valence-electron chi connectivity index (χ3n) is 11.2. The van der Waals surface area contributed by atoms with Gasteiger partial charge in [-0.25, -0.2) is 0 Å². The van der Waals surface area contributed by atoms with E-state index in [0.29, 0.717) is 19.3 Å². The van der Waals surface area contributed by atoms with Crippen LogP contribution >= 0.6 is 0 Å². The highest BCUT2D eigenvalue weighted by molar-refractivity contribution is 5.71. The lowest BCUT2D eigenvalue weighted by Crippen LogP contribution is -2.30. The fourth-order valence-electron chi connectivity index (χ4n) is 7.36. The molecule has 0 aliphatic heterocycles. The van der Waals surface area contributed by atoms with Crippen LogP contribution in [0, 0.1) is 0 Å². The first kappa shape index (κ1) is 55.9. The van der Waals surface area contributed by atoms with Crippen molar-refractivity contribution >= 4 is 17.9 Å².